The number of aliphatic imine (C=N–C) groups is 1. The summed E-state index contributed by atoms with van der Waals surface area (Å²) in [5, 5.41) is 9.74. The Bertz CT molecular complexity index is 255. The summed E-state index contributed by atoms with van der Waals surface area (Å²) >= 11 is 0. The van der Waals surface area contributed by atoms with Gasteiger partial charge in [-0.3, -0.25) is 0 Å². The van der Waals surface area contributed by atoms with Gasteiger partial charge >= 0.3 is 6.03 Å². The van der Waals surface area contributed by atoms with Gasteiger partial charge in [-0.25, -0.2) is 4.79 Å². The van der Waals surface area contributed by atoms with Gasteiger partial charge in [0.05, 0.1) is 11.6 Å². The summed E-state index contributed by atoms with van der Waals surface area (Å²) in [5.74, 6) is 0.287. The lowest BCUT2D eigenvalue weighted by Crippen LogP contribution is -2.53. The Morgan fingerprint density at radius 2 is 2.23 bits per heavy atom. The van der Waals surface area contributed by atoms with Gasteiger partial charge in [0.15, 0.2) is 0 Å². The highest BCUT2D eigenvalue weighted by Gasteiger charge is 2.36. The van der Waals surface area contributed by atoms with Crippen LogP contribution in [0.5, 0.6) is 0 Å². The molecule has 3 N–H and O–H groups in total. The van der Waals surface area contributed by atoms with Crippen LogP contribution in [-0.4, -0.2) is 40.6 Å². The first-order valence-electron chi connectivity index (χ1n) is 4.14. The average Bonchev–Trinajstić information content (AvgIpc) is 1.94. The summed E-state index contributed by atoms with van der Waals surface area (Å²) in [6.45, 7) is 3.31. The van der Waals surface area contributed by atoms with Gasteiger partial charge in [0, 0.05) is 13.5 Å². The molecule has 0 bridgehead atoms. The number of amidine groups is 1. The van der Waals surface area contributed by atoms with E-state index in [2.05, 4.69) is 4.99 Å². The van der Waals surface area contributed by atoms with E-state index in [0.29, 0.717) is 6.42 Å². The molecule has 0 aromatic heterocycles. The molecule has 0 fully saturated rings. The molecule has 5 heteroatoms. The smallest absolute Gasteiger partial charge is 0.345 e. The molecule has 1 heterocycles. The summed E-state index contributed by atoms with van der Waals surface area (Å²) in [6.07, 6.45) is 0.422. The summed E-state index contributed by atoms with van der Waals surface area (Å²) in [7, 11) is 1.61. The second kappa shape index (κ2) is 2.99. The third kappa shape index (κ3) is 1.98. The Hall–Kier alpha value is -1.10. The fourth-order valence-corrected chi connectivity index (χ4v) is 1.44. The maximum atomic E-state index is 11.2. The standard InChI is InChI=1S/C8H15N3O2/c1-8(2,13)5-4-6(9)10-7(12)11(5)3/h5,13H,4H2,1-3H3,(H2,9,10,12). The van der Waals surface area contributed by atoms with E-state index in [0.717, 1.165) is 0 Å². The molecule has 74 valence electrons. The van der Waals surface area contributed by atoms with E-state index in [1.165, 1.54) is 4.90 Å². The summed E-state index contributed by atoms with van der Waals surface area (Å²) in [4.78, 5) is 16.2. The van der Waals surface area contributed by atoms with Crippen LogP contribution in [0.25, 0.3) is 0 Å². The number of nitrogens with zero attached hydrogens (tertiary/aromatic N) is 2. The predicted molar refractivity (Wildman–Crippen MR) is 49.5 cm³/mol. The fraction of sp³-hybridized carbons (Fsp3) is 0.750. The van der Waals surface area contributed by atoms with Crippen molar-refractivity contribution in [1.29, 1.82) is 0 Å². The molecule has 13 heavy (non-hydrogen) atoms. The number of urea groups is 1. The minimum atomic E-state index is -0.953. The zero-order valence-corrected chi connectivity index (χ0v) is 8.11. The van der Waals surface area contributed by atoms with Crippen LogP contribution in [0, 0.1) is 0 Å². The van der Waals surface area contributed by atoms with Crippen molar-refractivity contribution in [2.24, 2.45) is 10.7 Å². The molecular formula is C8H15N3O2. The van der Waals surface area contributed by atoms with Crippen LogP contribution in [0.1, 0.15) is 20.3 Å². The molecule has 1 aliphatic rings. The number of hydrogen-bond acceptors (Lipinski definition) is 3. The molecule has 2 amide bonds. The minimum absolute atomic E-state index is 0.287. The van der Waals surface area contributed by atoms with E-state index in [4.69, 9.17) is 5.73 Å². The molecule has 1 aliphatic heterocycles. The number of carbonyl (C=O) groups excluding carboxylic acids is 1. The van der Waals surface area contributed by atoms with Gasteiger partial charge in [0.2, 0.25) is 0 Å². The van der Waals surface area contributed by atoms with E-state index in [1.807, 2.05) is 0 Å². The lowest BCUT2D eigenvalue weighted by atomic mass is 9.93. The Morgan fingerprint density at radius 1 is 1.69 bits per heavy atom. The number of amides is 2. The van der Waals surface area contributed by atoms with Crippen LogP contribution < -0.4 is 5.73 Å². The van der Waals surface area contributed by atoms with Gasteiger partial charge < -0.3 is 15.7 Å². The molecule has 0 aromatic carbocycles. The van der Waals surface area contributed by atoms with E-state index >= 15 is 0 Å². The summed E-state index contributed by atoms with van der Waals surface area (Å²) in [6, 6.07) is -0.687. The normalized spacial score (nSPS) is 24.6. The third-order valence-corrected chi connectivity index (χ3v) is 2.23. The molecule has 0 aliphatic carbocycles. The number of rotatable bonds is 1. The Balaban J connectivity index is 2.91. The van der Waals surface area contributed by atoms with Crippen molar-refractivity contribution in [1.82, 2.24) is 4.90 Å². The van der Waals surface area contributed by atoms with Gasteiger partial charge in [-0.15, -0.1) is 0 Å². The maximum Gasteiger partial charge on any atom is 0.345 e. The largest absolute Gasteiger partial charge is 0.388 e. The topological polar surface area (TPSA) is 78.9 Å². The van der Waals surface area contributed by atoms with Gasteiger partial charge in [-0.1, -0.05) is 0 Å². The molecule has 5 nitrogen and oxygen atoms in total. The first-order valence-corrected chi connectivity index (χ1v) is 4.14. The van der Waals surface area contributed by atoms with Crippen molar-refractivity contribution >= 4 is 11.9 Å². The SMILES string of the molecule is CN1C(=O)N=C(N)CC1C(C)(C)O. The fourth-order valence-electron chi connectivity index (χ4n) is 1.44. The highest BCUT2D eigenvalue weighted by atomic mass is 16.3. The number of aliphatic hydroxyl groups is 1. The molecule has 1 rings (SSSR count). The van der Waals surface area contributed by atoms with E-state index in [-0.39, 0.29) is 11.9 Å². The van der Waals surface area contributed by atoms with Crippen LogP contribution in [0.4, 0.5) is 4.79 Å². The second-order valence-corrected chi connectivity index (χ2v) is 3.87. The Labute approximate surface area is 77.2 Å². The first kappa shape index (κ1) is 9.98. The van der Waals surface area contributed by atoms with Crippen LogP contribution >= 0.6 is 0 Å². The number of hydrogen-bond donors (Lipinski definition) is 2. The average molecular weight is 185 g/mol. The number of likely N-dealkylation sites (N-methyl/N-ethyl adjacent to an activating group) is 1. The van der Waals surface area contributed by atoms with Crippen molar-refractivity contribution in [3.63, 3.8) is 0 Å². The molecule has 1 unspecified atom stereocenters. The lowest BCUT2D eigenvalue weighted by Gasteiger charge is -2.37. The molecule has 0 spiro atoms. The van der Waals surface area contributed by atoms with Crippen molar-refractivity contribution in [2.75, 3.05) is 7.05 Å². The van der Waals surface area contributed by atoms with E-state index in [1.54, 1.807) is 20.9 Å². The maximum absolute atomic E-state index is 11.2. The zero-order chi connectivity index (χ0) is 10.2. The zero-order valence-electron chi connectivity index (χ0n) is 8.11. The monoisotopic (exact) mass is 185 g/mol. The van der Waals surface area contributed by atoms with Gasteiger partial charge in [-0.05, 0) is 13.8 Å². The van der Waals surface area contributed by atoms with Crippen LogP contribution in [0.2, 0.25) is 0 Å². The van der Waals surface area contributed by atoms with E-state index < -0.39 is 11.6 Å². The highest BCUT2D eigenvalue weighted by Crippen LogP contribution is 2.21. The quantitative estimate of drug-likeness (QED) is 0.600. The Kier molecular flexibility index (Phi) is 2.30. The van der Waals surface area contributed by atoms with E-state index in [9.17, 15) is 9.90 Å². The van der Waals surface area contributed by atoms with Crippen LogP contribution in [0.15, 0.2) is 4.99 Å². The number of carbonyl (C=O) groups is 1. The van der Waals surface area contributed by atoms with Crippen LogP contribution in [0.3, 0.4) is 0 Å². The van der Waals surface area contributed by atoms with Crippen molar-refractivity contribution in [3.8, 4) is 0 Å². The van der Waals surface area contributed by atoms with Crippen molar-refractivity contribution < 1.29 is 9.90 Å². The molecule has 1 atom stereocenters. The van der Waals surface area contributed by atoms with Gasteiger partial charge in [0.25, 0.3) is 0 Å². The molecule has 0 aromatic rings. The van der Waals surface area contributed by atoms with Gasteiger partial charge in [0.1, 0.15) is 5.84 Å². The second-order valence-electron chi connectivity index (χ2n) is 3.87. The first-order chi connectivity index (χ1) is 5.82. The summed E-state index contributed by atoms with van der Waals surface area (Å²) < 4.78 is 0. The van der Waals surface area contributed by atoms with Crippen LogP contribution in [-0.2, 0) is 0 Å². The third-order valence-electron chi connectivity index (χ3n) is 2.23. The van der Waals surface area contributed by atoms with Crippen molar-refractivity contribution in [3.05, 3.63) is 0 Å². The predicted octanol–water partition coefficient (Wildman–Crippen LogP) is -0.0614. The molecule has 0 radical (unpaired) electrons. The number of nitrogens with two attached hydrogens (primary N) is 1. The lowest BCUT2D eigenvalue weighted by molar-refractivity contribution is 0.00476. The molecule has 0 saturated heterocycles. The van der Waals surface area contributed by atoms with Gasteiger partial charge in [-0.2, -0.15) is 4.99 Å². The highest BCUT2D eigenvalue weighted by molar-refractivity contribution is 5.95. The summed E-state index contributed by atoms with van der Waals surface area (Å²) in [5.41, 5.74) is 4.51. The molecule has 0 saturated carbocycles. The minimum Gasteiger partial charge on any atom is -0.388 e. The molecular weight excluding hydrogens is 170 g/mol. The Morgan fingerprint density at radius 3 is 2.69 bits per heavy atom. The van der Waals surface area contributed by atoms with Crippen molar-refractivity contribution in [2.45, 2.75) is 31.9 Å².